The van der Waals surface area contributed by atoms with Crippen LogP contribution >= 0.6 is 0 Å². The standard InChI is InChI=1S/C17H16O3/c18-16(19)17(11-10-13-6-2-1-3-7-13)12-14-8-4-5-9-15(14)20-17/h1-9H,10-12H2,(H,18,19)/t17-/m1/s1. The molecule has 1 aliphatic heterocycles. The van der Waals surface area contributed by atoms with Gasteiger partial charge in [-0.25, -0.2) is 4.79 Å². The van der Waals surface area contributed by atoms with Crippen LogP contribution in [0, 0.1) is 0 Å². The van der Waals surface area contributed by atoms with Gasteiger partial charge in [-0.15, -0.1) is 0 Å². The Morgan fingerprint density at radius 1 is 1.10 bits per heavy atom. The summed E-state index contributed by atoms with van der Waals surface area (Å²) in [5.74, 6) is -0.187. The highest BCUT2D eigenvalue weighted by molar-refractivity contribution is 5.80. The predicted octanol–water partition coefficient (Wildman–Crippen LogP) is 3.08. The van der Waals surface area contributed by atoms with Crippen LogP contribution in [0.15, 0.2) is 54.6 Å². The van der Waals surface area contributed by atoms with Crippen molar-refractivity contribution in [1.29, 1.82) is 0 Å². The lowest BCUT2D eigenvalue weighted by atomic mass is 9.90. The molecule has 0 unspecified atom stereocenters. The van der Waals surface area contributed by atoms with Gasteiger partial charge in [-0.2, -0.15) is 0 Å². The van der Waals surface area contributed by atoms with E-state index in [1.165, 1.54) is 0 Å². The number of hydrogen-bond acceptors (Lipinski definition) is 2. The van der Waals surface area contributed by atoms with E-state index in [0.29, 0.717) is 25.0 Å². The van der Waals surface area contributed by atoms with Crippen LogP contribution in [0.5, 0.6) is 5.75 Å². The molecule has 20 heavy (non-hydrogen) atoms. The van der Waals surface area contributed by atoms with Crippen molar-refractivity contribution in [1.82, 2.24) is 0 Å². The van der Waals surface area contributed by atoms with Gasteiger partial charge in [-0.1, -0.05) is 48.5 Å². The van der Waals surface area contributed by atoms with Gasteiger partial charge in [-0.3, -0.25) is 0 Å². The topological polar surface area (TPSA) is 46.5 Å². The number of aryl methyl sites for hydroxylation is 1. The van der Waals surface area contributed by atoms with Crippen LogP contribution in [0.25, 0.3) is 0 Å². The van der Waals surface area contributed by atoms with Gasteiger partial charge in [0.05, 0.1) is 0 Å². The molecule has 0 fully saturated rings. The first-order chi connectivity index (χ1) is 9.70. The molecule has 0 radical (unpaired) electrons. The Morgan fingerprint density at radius 2 is 1.80 bits per heavy atom. The van der Waals surface area contributed by atoms with Crippen molar-refractivity contribution in [2.45, 2.75) is 24.9 Å². The number of rotatable bonds is 4. The number of aliphatic carboxylic acids is 1. The minimum absolute atomic E-state index is 0.436. The Hall–Kier alpha value is -2.29. The molecule has 0 aliphatic carbocycles. The fourth-order valence-corrected chi connectivity index (χ4v) is 2.66. The van der Waals surface area contributed by atoms with E-state index in [2.05, 4.69) is 0 Å². The molecule has 1 N–H and O–H groups in total. The highest BCUT2D eigenvalue weighted by Gasteiger charge is 2.45. The number of carboxylic acids is 1. The fourth-order valence-electron chi connectivity index (χ4n) is 2.66. The maximum atomic E-state index is 11.7. The quantitative estimate of drug-likeness (QED) is 0.927. The maximum absolute atomic E-state index is 11.7. The van der Waals surface area contributed by atoms with Crippen LogP contribution in [0.1, 0.15) is 17.5 Å². The predicted molar refractivity (Wildman–Crippen MR) is 75.9 cm³/mol. The zero-order chi connectivity index (χ0) is 14.0. The van der Waals surface area contributed by atoms with E-state index < -0.39 is 11.6 Å². The first kappa shape index (κ1) is 12.7. The summed E-state index contributed by atoms with van der Waals surface area (Å²) in [6, 6.07) is 17.5. The Labute approximate surface area is 117 Å². The van der Waals surface area contributed by atoms with Gasteiger partial charge in [-0.05, 0) is 23.6 Å². The third kappa shape index (κ3) is 2.27. The van der Waals surface area contributed by atoms with Crippen molar-refractivity contribution in [3.8, 4) is 5.75 Å². The lowest BCUT2D eigenvalue weighted by Crippen LogP contribution is -2.43. The molecule has 0 saturated heterocycles. The molecule has 0 spiro atoms. The number of carboxylic acid groups (broad SMARTS) is 1. The summed E-state index contributed by atoms with van der Waals surface area (Å²) in [6.45, 7) is 0. The van der Waals surface area contributed by atoms with Crippen molar-refractivity contribution < 1.29 is 14.6 Å². The monoisotopic (exact) mass is 268 g/mol. The van der Waals surface area contributed by atoms with Gasteiger partial charge in [0.15, 0.2) is 0 Å². The van der Waals surface area contributed by atoms with Crippen LogP contribution < -0.4 is 4.74 Å². The molecule has 1 atom stereocenters. The maximum Gasteiger partial charge on any atom is 0.348 e. The summed E-state index contributed by atoms with van der Waals surface area (Å²) < 4.78 is 5.78. The molecule has 102 valence electrons. The van der Waals surface area contributed by atoms with Crippen LogP contribution in [0.2, 0.25) is 0 Å². The van der Waals surface area contributed by atoms with Crippen molar-refractivity contribution in [3.63, 3.8) is 0 Å². The van der Waals surface area contributed by atoms with E-state index in [1.54, 1.807) is 0 Å². The van der Waals surface area contributed by atoms with Crippen LogP contribution in [0.3, 0.4) is 0 Å². The van der Waals surface area contributed by atoms with Crippen molar-refractivity contribution in [3.05, 3.63) is 65.7 Å². The zero-order valence-corrected chi connectivity index (χ0v) is 11.1. The Morgan fingerprint density at radius 3 is 2.50 bits per heavy atom. The molecular formula is C17H16O3. The molecule has 0 saturated carbocycles. The fraction of sp³-hybridized carbons (Fsp3) is 0.235. The minimum Gasteiger partial charge on any atom is -0.478 e. The van der Waals surface area contributed by atoms with E-state index >= 15 is 0 Å². The van der Waals surface area contributed by atoms with E-state index in [0.717, 1.165) is 11.1 Å². The van der Waals surface area contributed by atoms with E-state index in [-0.39, 0.29) is 0 Å². The average molecular weight is 268 g/mol. The lowest BCUT2D eigenvalue weighted by molar-refractivity contribution is -0.154. The minimum atomic E-state index is -1.13. The number of benzene rings is 2. The molecule has 2 aromatic carbocycles. The summed E-state index contributed by atoms with van der Waals surface area (Å²) in [5, 5.41) is 9.59. The molecule has 2 aromatic rings. The van der Waals surface area contributed by atoms with E-state index in [1.807, 2.05) is 54.6 Å². The molecule has 1 heterocycles. The third-order valence-corrected chi connectivity index (χ3v) is 3.80. The van der Waals surface area contributed by atoms with Gasteiger partial charge in [0, 0.05) is 12.8 Å². The van der Waals surface area contributed by atoms with Crippen LogP contribution in [0.4, 0.5) is 0 Å². The number of para-hydroxylation sites is 1. The summed E-state index contributed by atoms with van der Waals surface area (Å²) in [7, 11) is 0. The van der Waals surface area contributed by atoms with Crippen molar-refractivity contribution in [2.75, 3.05) is 0 Å². The number of carbonyl (C=O) groups is 1. The Balaban J connectivity index is 1.80. The zero-order valence-electron chi connectivity index (χ0n) is 11.1. The summed E-state index contributed by atoms with van der Waals surface area (Å²) in [5.41, 5.74) is 0.982. The van der Waals surface area contributed by atoms with E-state index in [4.69, 9.17) is 4.74 Å². The summed E-state index contributed by atoms with van der Waals surface area (Å²) >= 11 is 0. The lowest BCUT2D eigenvalue weighted by Gasteiger charge is -2.24. The van der Waals surface area contributed by atoms with Crippen molar-refractivity contribution in [2.24, 2.45) is 0 Å². The highest BCUT2D eigenvalue weighted by atomic mass is 16.5. The molecule has 0 aromatic heterocycles. The van der Waals surface area contributed by atoms with Crippen molar-refractivity contribution >= 4 is 5.97 Å². The largest absolute Gasteiger partial charge is 0.478 e. The van der Waals surface area contributed by atoms with Gasteiger partial charge in [0.2, 0.25) is 5.60 Å². The molecule has 3 rings (SSSR count). The highest BCUT2D eigenvalue weighted by Crippen LogP contribution is 2.37. The average Bonchev–Trinajstić information content (AvgIpc) is 2.86. The second-order valence-electron chi connectivity index (χ2n) is 5.17. The van der Waals surface area contributed by atoms with Gasteiger partial charge < -0.3 is 9.84 Å². The number of ether oxygens (including phenoxy) is 1. The first-order valence-corrected chi connectivity index (χ1v) is 6.74. The van der Waals surface area contributed by atoms with Crippen LogP contribution in [-0.4, -0.2) is 16.7 Å². The van der Waals surface area contributed by atoms with Crippen LogP contribution in [-0.2, 0) is 17.6 Å². The first-order valence-electron chi connectivity index (χ1n) is 6.74. The second kappa shape index (κ2) is 5.00. The number of hydrogen-bond donors (Lipinski definition) is 1. The second-order valence-corrected chi connectivity index (χ2v) is 5.17. The molecular weight excluding hydrogens is 252 g/mol. The number of fused-ring (bicyclic) bond motifs is 1. The molecule has 0 amide bonds. The summed E-state index contributed by atoms with van der Waals surface area (Å²) in [6.07, 6.45) is 1.60. The third-order valence-electron chi connectivity index (χ3n) is 3.80. The van der Waals surface area contributed by atoms with Gasteiger partial charge in [0.25, 0.3) is 0 Å². The Kier molecular flexibility index (Phi) is 3.18. The molecule has 1 aliphatic rings. The smallest absolute Gasteiger partial charge is 0.348 e. The van der Waals surface area contributed by atoms with Gasteiger partial charge >= 0.3 is 5.97 Å². The SMILES string of the molecule is O=C(O)[C@@]1(CCc2ccccc2)Cc2ccccc2O1. The normalized spacial score (nSPS) is 20.2. The summed E-state index contributed by atoms with van der Waals surface area (Å²) in [4.78, 5) is 11.7. The van der Waals surface area contributed by atoms with E-state index in [9.17, 15) is 9.90 Å². The molecule has 0 bridgehead atoms. The van der Waals surface area contributed by atoms with Gasteiger partial charge in [0.1, 0.15) is 5.75 Å². The Bertz CT molecular complexity index is 594. The molecule has 3 nitrogen and oxygen atoms in total. The molecule has 3 heteroatoms.